The number of aryl methyl sites for hydroxylation is 1. The first kappa shape index (κ1) is 13.6. The first-order valence-electron chi connectivity index (χ1n) is 5.91. The summed E-state index contributed by atoms with van der Waals surface area (Å²) >= 11 is 0. The normalized spacial score (nSPS) is 12.7. The zero-order chi connectivity index (χ0) is 12.8. The van der Waals surface area contributed by atoms with Crippen LogP contribution < -0.4 is 0 Å². The molecule has 1 aromatic rings. The van der Waals surface area contributed by atoms with E-state index in [-0.39, 0.29) is 12.6 Å². The van der Waals surface area contributed by atoms with Gasteiger partial charge in [0.1, 0.15) is 0 Å². The number of aromatic nitrogens is 1. The van der Waals surface area contributed by atoms with Crippen molar-refractivity contribution in [1.29, 1.82) is 0 Å². The average molecular weight is 236 g/mol. The van der Waals surface area contributed by atoms with Crippen LogP contribution in [-0.2, 0) is 11.3 Å². The summed E-state index contributed by atoms with van der Waals surface area (Å²) in [7, 11) is 0. The summed E-state index contributed by atoms with van der Waals surface area (Å²) in [6.07, 6.45) is 2.68. The van der Waals surface area contributed by atoms with Crippen LogP contribution in [-0.4, -0.2) is 33.5 Å². The molecule has 1 N–H and O–H groups in total. The van der Waals surface area contributed by atoms with E-state index >= 15 is 0 Å². The van der Waals surface area contributed by atoms with Gasteiger partial charge in [0.25, 0.3) is 0 Å². The van der Waals surface area contributed by atoms with Crippen LogP contribution in [0, 0.1) is 6.92 Å². The highest BCUT2D eigenvalue weighted by Gasteiger charge is 2.17. The lowest BCUT2D eigenvalue weighted by Gasteiger charge is -2.26. The molecule has 1 unspecified atom stereocenters. The van der Waals surface area contributed by atoms with E-state index in [1.54, 1.807) is 6.20 Å². The average Bonchev–Trinajstić information content (AvgIpc) is 2.29. The van der Waals surface area contributed by atoms with Gasteiger partial charge in [-0.1, -0.05) is 13.0 Å². The minimum atomic E-state index is -0.793. The Kier molecular flexibility index (Phi) is 5.10. The second kappa shape index (κ2) is 6.35. The van der Waals surface area contributed by atoms with Crippen LogP contribution >= 0.6 is 0 Å². The first-order valence-corrected chi connectivity index (χ1v) is 5.91. The lowest BCUT2D eigenvalue weighted by Crippen LogP contribution is -2.36. The summed E-state index contributed by atoms with van der Waals surface area (Å²) in [6.45, 7) is 6.75. The molecule has 0 saturated carbocycles. The van der Waals surface area contributed by atoms with E-state index in [1.165, 1.54) is 0 Å². The lowest BCUT2D eigenvalue weighted by atomic mass is 10.1. The molecule has 94 valence electrons. The molecule has 0 amide bonds. The first-order chi connectivity index (χ1) is 8.04. The van der Waals surface area contributed by atoms with Gasteiger partial charge in [0, 0.05) is 18.8 Å². The van der Waals surface area contributed by atoms with E-state index in [9.17, 15) is 4.79 Å². The molecule has 1 rings (SSSR count). The Labute approximate surface area is 102 Å². The second-order valence-corrected chi connectivity index (χ2v) is 4.32. The van der Waals surface area contributed by atoms with E-state index < -0.39 is 5.97 Å². The van der Waals surface area contributed by atoms with Crippen molar-refractivity contribution in [2.24, 2.45) is 0 Å². The third-order valence-electron chi connectivity index (χ3n) is 3.02. The highest BCUT2D eigenvalue weighted by atomic mass is 16.4. The van der Waals surface area contributed by atoms with Crippen LogP contribution in [0.25, 0.3) is 0 Å². The maximum absolute atomic E-state index is 10.8. The van der Waals surface area contributed by atoms with Gasteiger partial charge in [0.2, 0.25) is 0 Å². The molecular weight excluding hydrogens is 216 g/mol. The van der Waals surface area contributed by atoms with Gasteiger partial charge >= 0.3 is 5.97 Å². The minimum absolute atomic E-state index is 0.0605. The van der Waals surface area contributed by atoms with Gasteiger partial charge in [-0.2, -0.15) is 0 Å². The molecule has 17 heavy (non-hydrogen) atoms. The second-order valence-electron chi connectivity index (χ2n) is 4.32. The number of hydrogen-bond donors (Lipinski definition) is 1. The van der Waals surface area contributed by atoms with Crippen LogP contribution in [0.1, 0.15) is 31.5 Å². The van der Waals surface area contributed by atoms with Crippen molar-refractivity contribution in [3.8, 4) is 0 Å². The third-order valence-corrected chi connectivity index (χ3v) is 3.02. The summed E-state index contributed by atoms with van der Waals surface area (Å²) < 4.78 is 0. The zero-order valence-corrected chi connectivity index (χ0v) is 10.7. The van der Waals surface area contributed by atoms with Crippen molar-refractivity contribution in [3.05, 3.63) is 29.6 Å². The molecule has 0 aliphatic rings. The smallest absolute Gasteiger partial charge is 0.317 e. The quantitative estimate of drug-likeness (QED) is 0.821. The van der Waals surface area contributed by atoms with Gasteiger partial charge in [0.05, 0.1) is 12.2 Å². The number of carbonyl (C=O) groups is 1. The molecule has 0 radical (unpaired) electrons. The lowest BCUT2D eigenvalue weighted by molar-refractivity contribution is -0.139. The standard InChI is InChI=1S/C13H20N2O2/c1-4-11(3)15(9-13(16)17)8-12-10(2)6-5-7-14-12/h5-7,11H,4,8-9H2,1-3H3,(H,16,17). The van der Waals surface area contributed by atoms with E-state index in [4.69, 9.17) is 5.11 Å². The molecule has 1 heterocycles. The number of nitrogens with zero attached hydrogens (tertiary/aromatic N) is 2. The predicted octanol–water partition coefficient (Wildman–Crippen LogP) is 2.08. The fourth-order valence-electron chi connectivity index (χ4n) is 1.68. The van der Waals surface area contributed by atoms with Gasteiger partial charge in [0.15, 0.2) is 0 Å². The summed E-state index contributed by atoms with van der Waals surface area (Å²) in [5, 5.41) is 8.91. The highest BCUT2D eigenvalue weighted by Crippen LogP contribution is 2.11. The Morgan fingerprint density at radius 1 is 1.59 bits per heavy atom. The van der Waals surface area contributed by atoms with Crippen molar-refractivity contribution in [1.82, 2.24) is 9.88 Å². The van der Waals surface area contributed by atoms with Crippen molar-refractivity contribution in [2.75, 3.05) is 6.54 Å². The summed E-state index contributed by atoms with van der Waals surface area (Å²) in [4.78, 5) is 17.1. The van der Waals surface area contributed by atoms with E-state index in [1.807, 2.05) is 30.9 Å². The summed E-state index contributed by atoms with van der Waals surface area (Å²) in [5.74, 6) is -0.793. The maximum Gasteiger partial charge on any atom is 0.317 e. The van der Waals surface area contributed by atoms with Crippen LogP contribution in [0.15, 0.2) is 18.3 Å². The molecule has 1 atom stereocenters. The van der Waals surface area contributed by atoms with Crippen LogP contribution in [0.5, 0.6) is 0 Å². The molecule has 0 aliphatic carbocycles. The van der Waals surface area contributed by atoms with Crippen LogP contribution in [0.3, 0.4) is 0 Å². The fourth-order valence-corrected chi connectivity index (χ4v) is 1.68. The Balaban J connectivity index is 2.79. The number of aliphatic carboxylic acids is 1. The molecule has 0 bridgehead atoms. The SMILES string of the molecule is CCC(C)N(CC(=O)O)Cc1ncccc1C. The number of carboxylic acids is 1. The highest BCUT2D eigenvalue weighted by molar-refractivity contribution is 5.69. The number of carboxylic acid groups (broad SMARTS) is 1. The Morgan fingerprint density at radius 2 is 2.29 bits per heavy atom. The van der Waals surface area contributed by atoms with E-state index in [0.29, 0.717) is 6.54 Å². The molecule has 0 aliphatic heterocycles. The van der Waals surface area contributed by atoms with E-state index in [0.717, 1.165) is 17.7 Å². The number of pyridine rings is 1. The Morgan fingerprint density at radius 3 is 2.82 bits per heavy atom. The topological polar surface area (TPSA) is 53.4 Å². The molecule has 0 aromatic carbocycles. The maximum atomic E-state index is 10.8. The van der Waals surface area contributed by atoms with Crippen LogP contribution in [0.4, 0.5) is 0 Å². The molecule has 1 aromatic heterocycles. The third kappa shape index (κ3) is 4.15. The van der Waals surface area contributed by atoms with Gasteiger partial charge in [-0.15, -0.1) is 0 Å². The molecular formula is C13H20N2O2. The van der Waals surface area contributed by atoms with Crippen molar-refractivity contribution in [3.63, 3.8) is 0 Å². The largest absolute Gasteiger partial charge is 0.480 e. The fraction of sp³-hybridized carbons (Fsp3) is 0.538. The van der Waals surface area contributed by atoms with Gasteiger partial charge in [-0.3, -0.25) is 14.7 Å². The van der Waals surface area contributed by atoms with Gasteiger partial charge < -0.3 is 5.11 Å². The van der Waals surface area contributed by atoms with E-state index in [2.05, 4.69) is 11.9 Å². The minimum Gasteiger partial charge on any atom is -0.480 e. The van der Waals surface area contributed by atoms with Crippen LogP contribution in [0.2, 0.25) is 0 Å². The number of hydrogen-bond acceptors (Lipinski definition) is 3. The number of rotatable bonds is 6. The Bertz CT molecular complexity index is 379. The monoisotopic (exact) mass is 236 g/mol. The summed E-state index contributed by atoms with van der Waals surface area (Å²) in [6, 6.07) is 4.13. The molecule has 0 fully saturated rings. The zero-order valence-electron chi connectivity index (χ0n) is 10.7. The molecule has 0 spiro atoms. The van der Waals surface area contributed by atoms with Crippen molar-refractivity contribution < 1.29 is 9.90 Å². The van der Waals surface area contributed by atoms with Crippen molar-refractivity contribution in [2.45, 2.75) is 39.8 Å². The summed E-state index contributed by atoms with van der Waals surface area (Å²) in [5.41, 5.74) is 2.06. The molecule has 0 saturated heterocycles. The molecule has 4 nitrogen and oxygen atoms in total. The Hall–Kier alpha value is -1.42. The van der Waals surface area contributed by atoms with Crippen molar-refractivity contribution >= 4 is 5.97 Å². The van der Waals surface area contributed by atoms with Gasteiger partial charge in [-0.25, -0.2) is 0 Å². The van der Waals surface area contributed by atoms with Gasteiger partial charge in [-0.05, 0) is 31.9 Å². The predicted molar refractivity (Wildman–Crippen MR) is 66.8 cm³/mol. The molecule has 4 heteroatoms.